The molecule has 1 aliphatic carbocycles. The molecular weight excluding hydrogens is 444 g/mol. The zero-order valence-electron chi connectivity index (χ0n) is 18.2. The Labute approximate surface area is 191 Å². The number of anilines is 1. The molecule has 2 heterocycles. The third-order valence-electron chi connectivity index (χ3n) is 6.42. The fraction of sp³-hybridized carbons (Fsp3) is 0.333. The van der Waals surface area contributed by atoms with Crippen molar-refractivity contribution < 1.29 is 27.2 Å². The SMILES string of the molecule is CC1Cc2cc(S(N)(=O)=O)ccc2N1C(=O)COC(=O)Cc1coc2cc3c(cc12)CCC3. The van der Waals surface area contributed by atoms with E-state index in [-0.39, 0.29) is 23.3 Å². The van der Waals surface area contributed by atoms with Gasteiger partial charge in [-0.3, -0.25) is 9.59 Å². The van der Waals surface area contributed by atoms with E-state index in [1.54, 1.807) is 12.3 Å². The lowest BCUT2D eigenvalue weighted by Gasteiger charge is -2.22. The van der Waals surface area contributed by atoms with Crippen LogP contribution in [0.25, 0.3) is 11.0 Å². The number of sulfonamides is 1. The topological polar surface area (TPSA) is 120 Å². The van der Waals surface area contributed by atoms with E-state index in [0.717, 1.165) is 35.8 Å². The Kier molecular flexibility index (Phi) is 5.25. The second-order valence-electron chi connectivity index (χ2n) is 8.72. The van der Waals surface area contributed by atoms with Crippen molar-refractivity contribution >= 4 is 38.6 Å². The summed E-state index contributed by atoms with van der Waals surface area (Å²) in [6, 6.07) is 8.37. The second-order valence-corrected chi connectivity index (χ2v) is 10.3. The summed E-state index contributed by atoms with van der Waals surface area (Å²) in [5.74, 6) is -0.879. The number of rotatable bonds is 5. The molecule has 3 aromatic rings. The molecule has 2 aromatic carbocycles. The average molecular weight is 469 g/mol. The van der Waals surface area contributed by atoms with Gasteiger partial charge in [0.2, 0.25) is 10.0 Å². The molecule has 33 heavy (non-hydrogen) atoms. The first-order chi connectivity index (χ1) is 15.7. The zero-order valence-corrected chi connectivity index (χ0v) is 19.0. The third kappa shape index (κ3) is 4.02. The predicted octanol–water partition coefficient (Wildman–Crippen LogP) is 2.63. The van der Waals surface area contributed by atoms with E-state index in [0.29, 0.717) is 17.7 Å². The summed E-state index contributed by atoms with van der Waals surface area (Å²) in [4.78, 5) is 26.8. The molecule has 172 valence electrons. The largest absolute Gasteiger partial charge is 0.464 e. The number of benzene rings is 2. The van der Waals surface area contributed by atoms with Crippen molar-refractivity contribution in [2.45, 2.75) is 50.0 Å². The Hall–Kier alpha value is -3.17. The maximum Gasteiger partial charge on any atom is 0.310 e. The van der Waals surface area contributed by atoms with Gasteiger partial charge in [0, 0.05) is 22.7 Å². The number of amides is 1. The van der Waals surface area contributed by atoms with E-state index < -0.39 is 22.6 Å². The molecule has 0 radical (unpaired) electrons. The van der Waals surface area contributed by atoms with Crippen molar-refractivity contribution in [3.05, 3.63) is 58.8 Å². The van der Waals surface area contributed by atoms with Gasteiger partial charge in [-0.05, 0) is 79.6 Å². The smallest absolute Gasteiger partial charge is 0.310 e. The first kappa shape index (κ1) is 21.7. The van der Waals surface area contributed by atoms with Gasteiger partial charge in [0.25, 0.3) is 5.91 Å². The number of fused-ring (bicyclic) bond motifs is 3. The highest BCUT2D eigenvalue weighted by molar-refractivity contribution is 7.89. The number of nitrogens with two attached hydrogens (primary N) is 1. The van der Waals surface area contributed by atoms with Crippen LogP contribution in [0.2, 0.25) is 0 Å². The minimum Gasteiger partial charge on any atom is -0.464 e. The average Bonchev–Trinajstić information content (AvgIpc) is 3.45. The van der Waals surface area contributed by atoms with Gasteiger partial charge in [-0.1, -0.05) is 0 Å². The third-order valence-corrected chi connectivity index (χ3v) is 7.33. The lowest BCUT2D eigenvalue weighted by molar-refractivity contribution is -0.147. The summed E-state index contributed by atoms with van der Waals surface area (Å²) in [6.45, 7) is 1.46. The van der Waals surface area contributed by atoms with Crippen LogP contribution in [0.4, 0.5) is 5.69 Å². The molecule has 8 nitrogen and oxygen atoms in total. The maximum atomic E-state index is 12.8. The second kappa shape index (κ2) is 8.00. The van der Waals surface area contributed by atoms with Crippen LogP contribution in [0.1, 0.15) is 35.6 Å². The van der Waals surface area contributed by atoms with Crippen LogP contribution in [-0.4, -0.2) is 32.9 Å². The summed E-state index contributed by atoms with van der Waals surface area (Å²) in [5, 5.41) is 6.11. The molecule has 5 rings (SSSR count). The molecule has 1 aromatic heterocycles. The molecule has 0 fully saturated rings. The van der Waals surface area contributed by atoms with Crippen LogP contribution < -0.4 is 10.0 Å². The summed E-state index contributed by atoms with van der Waals surface area (Å²) < 4.78 is 34.1. The number of primary sulfonamides is 1. The summed E-state index contributed by atoms with van der Waals surface area (Å²) >= 11 is 0. The van der Waals surface area contributed by atoms with E-state index in [9.17, 15) is 18.0 Å². The van der Waals surface area contributed by atoms with Crippen LogP contribution in [-0.2, 0) is 50.0 Å². The monoisotopic (exact) mass is 468 g/mol. The summed E-state index contributed by atoms with van der Waals surface area (Å²) in [5.41, 5.74) is 5.41. The van der Waals surface area contributed by atoms with E-state index in [1.807, 2.05) is 13.0 Å². The standard InChI is InChI=1S/C24H24N2O6S/c1-14-7-17-8-19(33(25,29)30)5-6-21(17)26(14)23(27)13-32-24(28)11-18-12-31-22-10-16-4-2-3-15(16)9-20(18)22/h5-6,8-10,12,14H,2-4,7,11,13H2,1H3,(H2,25,29,30). The Morgan fingerprint density at radius 1 is 1.15 bits per heavy atom. The van der Waals surface area contributed by atoms with Crippen molar-refractivity contribution in [3.63, 3.8) is 0 Å². The number of ether oxygens (including phenoxy) is 1. The fourth-order valence-electron chi connectivity index (χ4n) is 4.87. The first-order valence-corrected chi connectivity index (χ1v) is 12.4. The van der Waals surface area contributed by atoms with Crippen LogP contribution in [0, 0.1) is 0 Å². The summed E-state index contributed by atoms with van der Waals surface area (Å²) in [7, 11) is -3.83. The molecule has 1 amide bonds. The van der Waals surface area contributed by atoms with Gasteiger partial charge in [0.1, 0.15) is 5.58 Å². The molecule has 2 N–H and O–H groups in total. The van der Waals surface area contributed by atoms with Gasteiger partial charge in [0.15, 0.2) is 6.61 Å². The predicted molar refractivity (Wildman–Crippen MR) is 121 cm³/mol. The van der Waals surface area contributed by atoms with Crippen molar-refractivity contribution in [2.75, 3.05) is 11.5 Å². The van der Waals surface area contributed by atoms with Gasteiger partial charge in [-0.25, -0.2) is 13.6 Å². The number of aryl methyl sites for hydroxylation is 2. The van der Waals surface area contributed by atoms with Gasteiger partial charge in [0.05, 0.1) is 17.6 Å². The zero-order chi connectivity index (χ0) is 23.3. The maximum absolute atomic E-state index is 12.8. The highest BCUT2D eigenvalue weighted by atomic mass is 32.2. The molecule has 0 bridgehead atoms. The van der Waals surface area contributed by atoms with Crippen molar-refractivity contribution in [1.82, 2.24) is 0 Å². The molecule has 0 saturated heterocycles. The van der Waals surface area contributed by atoms with E-state index in [1.165, 1.54) is 28.2 Å². The minimum atomic E-state index is -3.83. The van der Waals surface area contributed by atoms with Crippen LogP contribution in [0.15, 0.2) is 45.9 Å². The van der Waals surface area contributed by atoms with Crippen molar-refractivity contribution in [3.8, 4) is 0 Å². The first-order valence-electron chi connectivity index (χ1n) is 10.9. The highest BCUT2D eigenvalue weighted by Crippen LogP contribution is 2.34. The van der Waals surface area contributed by atoms with Crippen LogP contribution >= 0.6 is 0 Å². The summed E-state index contributed by atoms with van der Waals surface area (Å²) in [6.07, 6.45) is 5.29. The molecule has 1 atom stereocenters. The van der Waals surface area contributed by atoms with Gasteiger partial charge in [-0.15, -0.1) is 0 Å². The lowest BCUT2D eigenvalue weighted by atomic mass is 10.0. The number of carbonyl (C=O) groups excluding carboxylic acids is 2. The van der Waals surface area contributed by atoms with Crippen molar-refractivity contribution in [2.24, 2.45) is 5.14 Å². The van der Waals surface area contributed by atoms with Crippen LogP contribution in [0.3, 0.4) is 0 Å². The molecular formula is C24H24N2O6S. The van der Waals surface area contributed by atoms with Crippen molar-refractivity contribution in [1.29, 1.82) is 0 Å². The minimum absolute atomic E-state index is 0.00663. The molecule has 1 aliphatic heterocycles. The molecule has 2 aliphatic rings. The van der Waals surface area contributed by atoms with Gasteiger partial charge >= 0.3 is 5.97 Å². The number of hydrogen-bond acceptors (Lipinski definition) is 6. The number of nitrogens with zero attached hydrogens (tertiary/aromatic N) is 1. The van der Waals surface area contributed by atoms with Gasteiger partial charge < -0.3 is 14.1 Å². The Balaban J connectivity index is 1.26. The Morgan fingerprint density at radius 3 is 2.67 bits per heavy atom. The highest BCUT2D eigenvalue weighted by Gasteiger charge is 2.32. The number of carbonyl (C=O) groups is 2. The van der Waals surface area contributed by atoms with Crippen LogP contribution in [0.5, 0.6) is 0 Å². The van der Waals surface area contributed by atoms with E-state index in [2.05, 4.69) is 6.07 Å². The van der Waals surface area contributed by atoms with E-state index in [4.69, 9.17) is 14.3 Å². The molecule has 0 saturated carbocycles. The Morgan fingerprint density at radius 2 is 1.91 bits per heavy atom. The fourth-order valence-corrected chi connectivity index (χ4v) is 5.43. The van der Waals surface area contributed by atoms with Gasteiger partial charge in [-0.2, -0.15) is 0 Å². The Bertz CT molecular complexity index is 1390. The number of furan rings is 1. The van der Waals surface area contributed by atoms with E-state index >= 15 is 0 Å². The number of esters is 1. The quantitative estimate of drug-likeness (QED) is 0.575. The normalized spacial score (nSPS) is 17.3. The molecule has 1 unspecified atom stereocenters. The number of hydrogen-bond donors (Lipinski definition) is 1. The lowest BCUT2D eigenvalue weighted by Crippen LogP contribution is -2.38. The molecule has 0 spiro atoms. The molecule has 9 heteroatoms.